The molecule has 0 fully saturated rings. The summed E-state index contributed by atoms with van der Waals surface area (Å²) in [5, 5.41) is 2.79. The van der Waals surface area contributed by atoms with E-state index in [1.54, 1.807) is 0 Å². The van der Waals surface area contributed by atoms with Crippen LogP contribution in [0.15, 0.2) is 60.7 Å². The zero-order valence-electron chi connectivity index (χ0n) is 9.85. The molecule has 1 radical (unpaired) electrons. The molecule has 16 heavy (non-hydrogen) atoms. The van der Waals surface area contributed by atoms with Gasteiger partial charge in [-0.2, -0.15) is 0 Å². The Labute approximate surface area is 108 Å². The molecule has 0 saturated carbocycles. The maximum absolute atomic E-state index is 2.28. The Morgan fingerprint density at radius 3 is 1.31 bits per heavy atom. The molecule has 2 aromatic carbocycles. The van der Waals surface area contributed by atoms with E-state index in [-0.39, 0.29) is 0 Å². The largest absolute Gasteiger partial charge is 0.0622 e. The van der Waals surface area contributed by atoms with Gasteiger partial charge in [-0.15, -0.1) is 0 Å². The fraction of sp³-hybridized carbons (Fsp3) is 0.143. The minimum Gasteiger partial charge on any atom is -0.0622 e. The Bertz CT molecular complexity index is 335. The van der Waals surface area contributed by atoms with Crippen molar-refractivity contribution in [3.05, 3.63) is 60.7 Å². The zero-order valence-corrected chi connectivity index (χ0v) is 13.3. The van der Waals surface area contributed by atoms with E-state index in [4.69, 9.17) is 0 Å². The van der Waals surface area contributed by atoms with Crippen molar-refractivity contribution in [2.45, 2.75) is 11.0 Å². The van der Waals surface area contributed by atoms with Crippen LogP contribution in [-0.2, 0) is 0 Å². The summed E-state index contributed by atoms with van der Waals surface area (Å²) in [5.74, 6) is 0. The Kier molecular flexibility index (Phi) is 7.32. The summed E-state index contributed by atoms with van der Waals surface area (Å²) in [4.78, 5) is 0. The molecule has 81 valence electrons. The molecule has 0 aliphatic rings. The van der Waals surface area contributed by atoms with Crippen LogP contribution in [0.2, 0.25) is 11.0 Å². The van der Waals surface area contributed by atoms with Gasteiger partial charge in [-0.05, 0) is 10.6 Å². The third-order valence-corrected chi connectivity index (χ3v) is 3.08. The van der Waals surface area contributed by atoms with Gasteiger partial charge in [0.05, 0.1) is 0 Å². The molecule has 2 rings (SSSR count). The van der Waals surface area contributed by atoms with Gasteiger partial charge in [0.1, 0.15) is 0 Å². The van der Waals surface area contributed by atoms with Gasteiger partial charge in [-0.1, -0.05) is 69.2 Å². The van der Waals surface area contributed by atoms with Crippen molar-refractivity contribution >= 4 is 36.6 Å². The molecule has 2 heteroatoms. The van der Waals surface area contributed by atoms with Gasteiger partial charge < -0.3 is 0 Å². The van der Waals surface area contributed by atoms with Crippen LogP contribution in [0.1, 0.15) is 0 Å². The molecule has 0 bridgehead atoms. The van der Waals surface area contributed by atoms with Crippen molar-refractivity contribution < 1.29 is 0 Å². The van der Waals surface area contributed by atoms with E-state index in [0.29, 0.717) is 17.4 Å². The Morgan fingerprint density at radius 2 is 1.00 bits per heavy atom. The number of hydrogen-bond acceptors (Lipinski definition) is 0. The molecule has 0 heterocycles. The summed E-state index contributed by atoms with van der Waals surface area (Å²) in [5.41, 5.74) is 4.56. The second-order valence-electron chi connectivity index (χ2n) is 3.43. The minimum absolute atomic E-state index is 0.312. The summed E-state index contributed by atoms with van der Waals surface area (Å²) < 4.78 is 0. The summed E-state index contributed by atoms with van der Waals surface area (Å²) in [6.07, 6.45) is 0. The molecule has 0 N–H and O–H groups in total. The van der Waals surface area contributed by atoms with Crippen molar-refractivity contribution in [3.63, 3.8) is 0 Å². The van der Waals surface area contributed by atoms with Gasteiger partial charge in [-0.25, -0.2) is 0 Å². The molecule has 0 aliphatic carbocycles. The summed E-state index contributed by atoms with van der Waals surface area (Å²) >= 11 is 0.312. The second kappa shape index (κ2) is 8.63. The number of benzene rings is 2. The van der Waals surface area contributed by atoms with Crippen molar-refractivity contribution in [1.82, 2.24) is 0 Å². The summed E-state index contributed by atoms with van der Waals surface area (Å²) in [7, 11) is 0.777. The summed E-state index contributed by atoms with van der Waals surface area (Å²) in [6.45, 7) is 0. The van der Waals surface area contributed by atoms with Crippen molar-refractivity contribution in [2.24, 2.45) is 0 Å². The Hall–Kier alpha value is -0.494. The first-order valence-electron chi connectivity index (χ1n) is 5.48. The second-order valence-corrected chi connectivity index (χ2v) is 7.26. The van der Waals surface area contributed by atoms with Gasteiger partial charge >= 0.3 is 28.4 Å². The molecule has 0 aliphatic heterocycles. The SMILES string of the molecule is [CH3][Ga][CH3].c1ccc(Pc2ccccc2)cc1. The molecule has 0 unspecified atom stereocenters. The van der Waals surface area contributed by atoms with Gasteiger partial charge in [-0.3, -0.25) is 0 Å². The number of hydrogen-bond donors (Lipinski definition) is 0. The van der Waals surface area contributed by atoms with Crippen LogP contribution in [0.3, 0.4) is 0 Å². The molecular weight excluding hydrogens is 269 g/mol. The molecule has 0 saturated heterocycles. The topological polar surface area (TPSA) is 0 Å². The van der Waals surface area contributed by atoms with E-state index >= 15 is 0 Å². The van der Waals surface area contributed by atoms with E-state index in [2.05, 4.69) is 71.6 Å². The molecule has 0 spiro atoms. The molecule has 0 atom stereocenters. The van der Waals surface area contributed by atoms with Gasteiger partial charge in [0.15, 0.2) is 0 Å². The van der Waals surface area contributed by atoms with Crippen molar-refractivity contribution in [2.75, 3.05) is 0 Å². The Morgan fingerprint density at radius 1 is 0.688 bits per heavy atom. The normalized spacial score (nSPS) is 8.88. The zero-order chi connectivity index (χ0) is 11.6. The molecule has 0 amide bonds. The molecular formula is C14H17GaP. The molecule has 0 aromatic heterocycles. The third-order valence-electron chi connectivity index (χ3n) is 1.84. The van der Waals surface area contributed by atoms with Gasteiger partial charge in [0.25, 0.3) is 0 Å². The van der Waals surface area contributed by atoms with E-state index < -0.39 is 0 Å². The van der Waals surface area contributed by atoms with E-state index in [1.807, 2.05) is 0 Å². The average molecular weight is 286 g/mol. The van der Waals surface area contributed by atoms with Crippen LogP contribution in [0.25, 0.3) is 0 Å². The average Bonchev–Trinajstić information content (AvgIpc) is 2.33. The van der Waals surface area contributed by atoms with Crippen LogP contribution >= 0.6 is 8.58 Å². The maximum Gasteiger partial charge on any atom is -0.0226 e. The van der Waals surface area contributed by atoms with Crippen LogP contribution in [0.4, 0.5) is 0 Å². The standard InChI is InChI=1S/C12H11P.2CH3.Ga/c1-3-7-11(8-4-1)13-12-9-5-2-6-10-12;;;/h1-10,13H;2*1H3;. The molecule has 0 nitrogen and oxygen atoms in total. The van der Waals surface area contributed by atoms with E-state index in [1.165, 1.54) is 10.6 Å². The predicted octanol–water partition coefficient (Wildman–Crippen LogP) is 3.10. The predicted molar refractivity (Wildman–Crippen MR) is 77.9 cm³/mol. The van der Waals surface area contributed by atoms with E-state index in [0.717, 1.165) is 8.58 Å². The van der Waals surface area contributed by atoms with E-state index in [9.17, 15) is 0 Å². The minimum atomic E-state index is 0.312. The van der Waals surface area contributed by atoms with Crippen LogP contribution < -0.4 is 10.6 Å². The Balaban J connectivity index is 0.000000386. The van der Waals surface area contributed by atoms with Crippen LogP contribution in [0, 0.1) is 0 Å². The monoisotopic (exact) mass is 285 g/mol. The third kappa shape index (κ3) is 5.55. The first-order chi connectivity index (χ1) is 7.86. The summed E-state index contributed by atoms with van der Waals surface area (Å²) in [6, 6.07) is 21.2. The van der Waals surface area contributed by atoms with Crippen LogP contribution in [0.5, 0.6) is 0 Å². The fourth-order valence-electron chi connectivity index (χ4n) is 1.21. The van der Waals surface area contributed by atoms with Crippen molar-refractivity contribution in [3.8, 4) is 0 Å². The van der Waals surface area contributed by atoms with Gasteiger partial charge in [0, 0.05) is 0 Å². The quantitative estimate of drug-likeness (QED) is 0.588. The number of rotatable bonds is 2. The maximum atomic E-state index is 2.28. The smallest absolute Gasteiger partial charge is 0.0226 e. The first-order valence-corrected chi connectivity index (χ1v) is 11.3. The first kappa shape index (κ1) is 13.6. The fourth-order valence-corrected chi connectivity index (χ4v) is 2.26. The van der Waals surface area contributed by atoms with Crippen LogP contribution in [-0.4, -0.2) is 17.4 Å². The van der Waals surface area contributed by atoms with Gasteiger partial charge in [0.2, 0.25) is 0 Å². The van der Waals surface area contributed by atoms with Crippen molar-refractivity contribution in [1.29, 1.82) is 0 Å². The molecule has 2 aromatic rings.